The summed E-state index contributed by atoms with van der Waals surface area (Å²) in [7, 11) is 11.5. The molecule has 1 heterocycles. The number of fused-ring (bicyclic) bond motifs is 1. The SMILES string of the molecule is COc1ccc(I)c(OC)c1C(C)(C)C.COc1ccc(I)c(OC)c1OC.COc1cccc(I)c1OC.Ic1cccc2c1OCO2. The summed E-state index contributed by atoms with van der Waals surface area (Å²) in [4.78, 5) is 0. The molecule has 0 unspecified atom stereocenters. The number of halogens is 4. The van der Waals surface area contributed by atoms with E-state index >= 15 is 0 Å². The Kier molecular flexibility index (Phi) is 18.8. The first-order chi connectivity index (χ1) is 23.3. The van der Waals surface area contributed by atoms with Gasteiger partial charge in [0.05, 0.1) is 64.0 Å². The van der Waals surface area contributed by atoms with Gasteiger partial charge in [-0.2, -0.15) is 0 Å². The zero-order chi connectivity index (χ0) is 36.7. The topological polar surface area (TPSA) is 83.1 Å². The van der Waals surface area contributed by atoms with Gasteiger partial charge in [-0.3, -0.25) is 0 Å². The van der Waals surface area contributed by atoms with Crippen molar-refractivity contribution in [3.8, 4) is 51.7 Å². The summed E-state index contributed by atoms with van der Waals surface area (Å²) < 4.78 is 51.2. The molecular weight excluding hydrogens is 1080 g/mol. The molecule has 0 aromatic heterocycles. The highest BCUT2D eigenvalue weighted by Gasteiger charge is 2.25. The lowest BCUT2D eigenvalue weighted by Gasteiger charge is -2.25. The molecule has 0 saturated carbocycles. The van der Waals surface area contributed by atoms with Crippen LogP contribution in [0.5, 0.6) is 51.7 Å². The molecule has 13 heteroatoms. The van der Waals surface area contributed by atoms with Gasteiger partial charge in [0, 0.05) is 5.56 Å². The second-order valence-corrected chi connectivity index (χ2v) is 15.3. The largest absolute Gasteiger partial charge is 0.496 e. The second-order valence-electron chi connectivity index (χ2n) is 10.7. The Balaban J connectivity index is 0.000000229. The molecule has 0 saturated heterocycles. The molecule has 268 valence electrons. The number of rotatable bonds is 7. The molecular formula is C36H42I4O9. The molecule has 0 bridgehead atoms. The summed E-state index contributed by atoms with van der Waals surface area (Å²) in [5.74, 6) is 7.14. The standard InChI is InChI=1S/C12H17IO2.C9H11IO3.C8H9IO2.C7H5IO2/c1-12(2,3)10-9(14-4)7-6-8(13)11(10)15-5;1-11-7-5-4-6(10)8(12-2)9(7)13-3;1-10-7-5-3-4-6(9)8(7)11-2;8-5-2-1-3-6-7(5)10-4-9-6/h6-7H,1-5H3;4-5H,1-3H3;3-5H,1-2H3;1-3H,4H2. The third kappa shape index (κ3) is 12.0. The third-order valence-electron chi connectivity index (χ3n) is 6.61. The van der Waals surface area contributed by atoms with Gasteiger partial charge in [0.25, 0.3) is 0 Å². The number of hydrogen-bond donors (Lipinski definition) is 0. The first-order valence-electron chi connectivity index (χ1n) is 14.6. The van der Waals surface area contributed by atoms with Crippen molar-refractivity contribution in [1.29, 1.82) is 0 Å². The Hall–Kier alpha value is -2.00. The van der Waals surface area contributed by atoms with E-state index in [1.54, 1.807) is 49.8 Å². The molecule has 9 nitrogen and oxygen atoms in total. The Morgan fingerprint density at radius 1 is 0.469 bits per heavy atom. The zero-order valence-electron chi connectivity index (χ0n) is 29.2. The Morgan fingerprint density at radius 3 is 1.43 bits per heavy atom. The molecule has 0 atom stereocenters. The first kappa shape index (κ1) is 43.2. The minimum atomic E-state index is 0.0118. The van der Waals surface area contributed by atoms with E-state index in [1.807, 2.05) is 60.7 Å². The van der Waals surface area contributed by atoms with Crippen molar-refractivity contribution in [2.45, 2.75) is 26.2 Å². The molecule has 0 fully saturated rings. The van der Waals surface area contributed by atoms with E-state index in [-0.39, 0.29) is 5.41 Å². The fourth-order valence-corrected chi connectivity index (χ4v) is 7.06. The molecule has 4 aromatic carbocycles. The Bertz CT molecular complexity index is 1640. The third-order valence-corrected chi connectivity index (χ3v) is 10.0. The minimum absolute atomic E-state index is 0.0118. The number of hydrogen-bond acceptors (Lipinski definition) is 9. The van der Waals surface area contributed by atoms with Gasteiger partial charge in [0.1, 0.15) is 11.5 Å². The lowest BCUT2D eigenvalue weighted by Crippen LogP contribution is -2.15. The van der Waals surface area contributed by atoms with Crippen LogP contribution in [0.15, 0.2) is 60.7 Å². The molecule has 0 radical (unpaired) electrons. The van der Waals surface area contributed by atoms with Gasteiger partial charge in [-0.15, -0.1) is 0 Å². The zero-order valence-corrected chi connectivity index (χ0v) is 37.8. The van der Waals surface area contributed by atoms with Crippen LogP contribution in [-0.4, -0.2) is 56.6 Å². The van der Waals surface area contributed by atoms with Crippen LogP contribution in [0.4, 0.5) is 0 Å². The van der Waals surface area contributed by atoms with Gasteiger partial charge in [0.2, 0.25) is 12.5 Å². The molecule has 1 aliphatic heterocycles. The molecule has 49 heavy (non-hydrogen) atoms. The maximum absolute atomic E-state index is 5.46. The van der Waals surface area contributed by atoms with Gasteiger partial charge >= 0.3 is 0 Å². The molecule has 4 aromatic rings. The smallest absolute Gasteiger partial charge is 0.231 e. The molecule has 1 aliphatic rings. The summed E-state index contributed by atoms with van der Waals surface area (Å²) in [5, 5.41) is 0. The molecule has 0 N–H and O–H groups in total. The average Bonchev–Trinajstić information content (AvgIpc) is 3.58. The predicted molar refractivity (Wildman–Crippen MR) is 227 cm³/mol. The van der Waals surface area contributed by atoms with E-state index in [0.717, 1.165) is 54.3 Å². The summed E-state index contributed by atoms with van der Waals surface area (Å²) in [6, 6.07) is 19.4. The normalized spacial score (nSPS) is 10.9. The lowest BCUT2D eigenvalue weighted by molar-refractivity contribution is 0.173. The minimum Gasteiger partial charge on any atom is -0.496 e. The van der Waals surface area contributed by atoms with Gasteiger partial charge in [-0.05, 0) is 144 Å². The van der Waals surface area contributed by atoms with Crippen molar-refractivity contribution in [3.05, 3.63) is 80.5 Å². The second kappa shape index (κ2) is 21.4. The van der Waals surface area contributed by atoms with E-state index < -0.39 is 0 Å². The van der Waals surface area contributed by atoms with Crippen LogP contribution >= 0.6 is 90.4 Å². The van der Waals surface area contributed by atoms with Crippen molar-refractivity contribution < 1.29 is 42.6 Å². The van der Waals surface area contributed by atoms with E-state index in [1.165, 1.54) is 0 Å². The Morgan fingerprint density at radius 2 is 0.939 bits per heavy atom. The molecule has 0 amide bonds. The maximum atomic E-state index is 5.46. The Labute approximate surface area is 344 Å². The maximum Gasteiger partial charge on any atom is 0.231 e. The fraction of sp³-hybridized carbons (Fsp3) is 0.333. The summed E-state index contributed by atoms with van der Waals surface area (Å²) in [6.45, 7) is 6.83. The highest BCUT2D eigenvalue weighted by atomic mass is 127. The number of methoxy groups -OCH3 is 7. The van der Waals surface area contributed by atoms with Crippen LogP contribution in [0, 0.1) is 14.3 Å². The van der Waals surface area contributed by atoms with Crippen LogP contribution in [0.25, 0.3) is 0 Å². The van der Waals surface area contributed by atoms with Crippen LogP contribution < -0.4 is 42.6 Å². The van der Waals surface area contributed by atoms with Gasteiger partial charge < -0.3 is 42.6 Å². The summed E-state index contributed by atoms with van der Waals surface area (Å²) in [6.07, 6.45) is 0. The predicted octanol–water partition coefficient (Wildman–Crippen LogP) is 10.3. The lowest BCUT2D eigenvalue weighted by atomic mass is 9.85. The average molecular weight is 1130 g/mol. The van der Waals surface area contributed by atoms with E-state index in [0.29, 0.717) is 24.0 Å². The number of ether oxygens (including phenoxy) is 9. The monoisotopic (exact) mass is 1130 g/mol. The van der Waals surface area contributed by atoms with E-state index in [4.69, 9.17) is 42.6 Å². The molecule has 5 rings (SSSR count). The highest BCUT2D eigenvalue weighted by molar-refractivity contribution is 14.1. The van der Waals surface area contributed by atoms with Crippen LogP contribution in [-0.2, 0) is 5.41 Å². The summed E-state index contributed by atoms with van der Waals surface area (Å²) in [5.41, 5.74) is 1.14. The quantitative estimate of drug-likeness (QED) is 0.168. The van der Waals surface area contributed by atoms with Crippen molar-refractivity contribution in [1.82, 2.24) is 0 Å². The molecule has 0 aliphatic carbocycles. The van der Waals surface area contributed by atoms with Crippen LogP contribution in [0.2, 0.25) is 0 Å². The van der Waals surface area contributed by atoms with Crippen LogP contribution in [0.3, 0.4) is 0 Å². The summed E-state index contributed by atoms with van der Waals surface area (Å²) >= 11 is 8.89. The number of para-hydroxylation sites is 2. The fourth-order valence-electron chi connectivity index (χ4n) is 4.43. The van der Waals surface area contributed by atoms with Crippen LogP contribution in [0.1, 0.15) is 26.3 Å². The van der Waals surface area contributed by atoms with Crippen molar-refractivity contribution >= 4 is 90.4 Å². The number of benzene rings is 4. The molecule has 0 spiro atoms. The van der Waals surface area contributed by atoms with Crippen molar-refractivity contribution in [3.63, 3.8) is 0 Å². The van der Waals surface area contributed by atoms with Crippen molar-refractivity contribution in [2.24, 2.45) is 0 Å². The van der Waals surface area contributed by atoms with E-state index in [2.05, 4.69) is 111 Å². The van der Waals surface area contributed by atoms with E-state index in [9.17, 15) is 0 Å². The van der Waals surface area contributed by atoms with Crippen molar-refractivity contribution in [2.75, 3.05) is 56.6 Å². The van der Waals surface area contributed by atoms with Gasteiger partial charge in [0.15, 0.2) is 34.5 Å². The highest BCUT2D eigenvalue weighted by Crippen LogP contribution is 2.42. The first-order valence-corrected chi connectivity index (χ1v) is 18.9. The van der Waals surface area contributed by atoms with Gasteiger partial charge in [-0.1, -0.05) is 32.9 Å². The van der Waals surface area contributed by atoms with Gasteiger partial charge in [-0.25, -0.2) is 0 Å².